The first-order chi connectivity index (χ1) is 6.65. The number of rotatable bonds is 1. The molecule has 2 fully saturated rings. The summed E-state index contributed by atoms with van der Waals surface area (Å²) in [5.74, 6) is 0.565. The van der Waals surface area contributed by atoms with Gasteiger partial charge in [-0.25, -0.2) is 0 Å². The average molecular weight is 210 g/mol. The lowest BCUT2D eigenvalue weighted by Gasteiger charge is -2.24. The second-order valence-corrected chi connectivity index (χ2v) is 8.65. The van der Waals surface area contributed by atoms with Crippen LogP contribution in [-0.4, -0.2) is 20.7 Å². The van der Waals surface area contributed by atoms with Gasteiger partial charge in [0, 0.05) is 5.92 Å². The Kier molecular flexibility index (Phi) is 2.62. The van der Waals surface area contributed by atoms with Crippen molar-refractivity contribution in [1.29, 1.82) is 0 Å². The topological polar surface area (TPSA) is 26.3 Å². The molecule has 0 N–H and O–H groups in total. The second-order valence-electron chi connectivity index (χ2n) is 4.82. The van der Waals surface area contributed by atoms with Crippen molar-refractivity contribution in [2.24, 2.45) is 5.92 Å². The van der Waals surface area contributed by atoms with Gasteiger partial charge in [0.05, 0.1) is 6.10 Å². The summed E-state index contributed by atoms with van der Waals surface area (Å²) in [6.45, 7) is 4.42. The maximum atomic E-state index is 10.6. The number of carbonyl (C=O) groups excluding carboxylic acids is 1. The molecular weight excluding hydrogens is 192 g/mol. The van der Waals surface area contributed by atoms with E-state index in [1.165, 1.54) is 30.9 Å². The van der Waals surface area contributed by atoms with Crippen molar-refractivity contribution in [2.45, 2.75) is 44.9 Å². The predicted octanol–water partition coefficient (Wildman–Crippen LogP) is 2.45. The Bertz CT molecular complexity index is 270. The summed E-state index contributed by atoms with van der Waals surface area (Å²) >= 11 is 0. The first-order valence-corrected chi connectivity index (χ1v) is 8.39. The van der Waals surface area contributed by atoms with Gasteiger partial charge in [-0.3, -0.25) is 4.79 Å². The molecule has 0 spiro atoms. The zero-order chi connectivity index (χ0) is 10.2. The van der Waals surface area contributed by atoms with E-state index in [0.717, 1.165) is 6.29 Å². The molecule has 0 aromatic rings. The van der Waals surface area contributed by atoms with Gasteiger partial charge in [-0.05, 0) is 37.2 Å². The van der Waals surface area contributed by atoms with Crippen molar-refractivity contribution in [3.8, 4) is 0 Å². The molecule has 0 unspecified atom stereocenters. The van der Waals surface area contributed by atoms with Crippen molar-refractivity contribution in [2.75, 3.05) is 0 Å². The van der Waals surface area contributed by atoms with E-state index in [9.17, 15) is 4.79 Å². The van der Waals surface area contributed by atoms with Crippen LogP contribution in [0.4, 0.5) is 0 Å². The predicted molar refractivity (Wildman–Crippen MR) is 58.5 cm³/mol. The van der Waals surface area contributed by atoms with Gasteiger partial charge in [-0.2, -0.15) is 0 Å². The largest absolute Gasteiger partial charge is 0.410 e. The highest BCUT2D eigenvalue weighted by Gasteiger charge is 2.46. The normalized spacial score (nSPS) is 38.3. The van der Waals surface area contributed by atoms with Crippen LogP contribution in [-0.2, 0) is 9.22 Å². The first-order valence-electron chi connectivity index (χ1n) is 5.49. The smallest absolute Gasteiger partial charge is 0.215 e. The standard InChI is InChI=1S/C11H18O2Si/c1-14(2)11(7-8-12)9-5-3-4-6-10(9)13-14/h7-10H,3-6H2,1-2H3/b11-7-/t9-,10-/m0/s1. The molecule has 1 saturated carbocycles. The van der Waals surface area contributed by atoms with Gasteiger partial charge in [0.25, 0.3) is 0 Å². The number of fused-ring (bicyclic) bond motifs is 1. The SMILES string of the molecule is C[Si]1(C)O[C@H]2CCCC[C@@H]2/C1=C/C=O. The van der Waals surface area contributed by atoms with Crippen LogP contribution >= 0.6 is 0 Å². The van der Waals surface area contributed by atoms with Crippen LogP contribution in [0.25, 0.3) is 0 Å². The summed E-state index contributed by atoms with van der Waals surface area (Å²) in [7, 11) is -1.69. The summed E-state index contributed by atoms with van der Waals surface area (Å²) in [6, 6.07) is 0. The minimum Gasteiger partial charge on any atom is -0.410 e. The van der Waals surface area contributed by atoms with Crippen LogP contribution in [0, 0.1) is 5.92 Å². The Morgan fingerprint density at radius 2 is 2.07 bits per heavy atom. The molecular formula is C11H18O2Si. The van der Waals surface area contributed by atoms with Gasteiger partial charge in [0.2, 0.25) is 8.32 Å². The van der Waals surface area contributed by atoms with E-state index in [-0.39, 0.29) is 0 Å². The van der Waals surface area contributed by atoms with Gasteiger partial charge in [0.1, 0.15) is 6.29 Å². The number of hydrogen-bond acceptors (Lipinski definition) is 2. The van der Waals surface area contributed by atoms with E-state index in [0.29, 0.717) is 12.0 Å². The summed E-state index contributed by atoms with van der Waals surface area (Å²) in [5, 5.41) is 1.34. The van der Waals surface area contributed by atoms with Gasteiger partial charge < -0.3 is 4.43 Å². The molecule has 1 aliphatic heterocycles. The third-order valence-corrected chi connectivity index (χ3v) is 6.31. The van der Waals surface area contributed by atoms with Crippen LogP contribution in [0.15, 0.2) is 11.3 Å². The minimum atomic E-state index is -1.69. The molecule has 78 valence electrons. The summed E-state index contributed by atoms with van der Waals surface area (Å²) in [4.78, 5) is 10.6. The monoisotopic (exact) mass is 210 g/mol. The number of allylic oxidation sites excluding steroid dienone is 1. The lowest BCUT2D eigenvalue weighted by molar-refractivity contribution is -0.104. The first kappa shape index (κ1) is 10.1. The number of hydrogen-bond donors (Lipinski definition) is 0. The van der Waals surface area contributed by atoms with E-state index in [4.69, 9.17) is 4.43 Å². The second kappa shape index (κ2) is 3.63. The van der Waals surface area contributed by atoms with Crippen LogP contribution in [0.3, 0.4) is 0 Å². The van der Waals surface area contributed by atoms with Crippen LogP contribution < -0.4 is 0 Å². The quantitative estimate of drug-likeness (QED) is 0.377. The molecule has 0 aromatic carbocycles. The van der Waals surface area contributed by atoms with E-state index in [2.05, 4.69) is 13.1 Å². The van der Waals surface area contributed by atoms with E-state index >= 15 is 0 Å². The van der Waals surface area contributed by atoms with Crippen molar-refractivity contribution in [3.63, 3.8) is 0 Å². The number of aldehydes is 1. The lowest BCUT2D eigenvalue weighted by atomic mass is 9.86. The Morgan fingerprint density at radius 1 is 1.36 bits per heavy atom. The van der Waals surface area contributed by atoms with Crippen molar-refractivity contribution >= 4 is 14.6 Å². The maximum Gasteiger partial charge on any atom is 0.215 e. The van der Waals surface area contributed by atoms with Gasteiger partial charge in [-0.1, -0.05) is 12.8 Å². The fraction of sp³-hybridized carbons (Fsp3) is 0.727. The maximum absolute atomic E-state index is 10.6. The van der Waals surface area contributed by atoms with Gasteiger partial charge >= 0.3 is 0 Å². The summed E-state index contributed by atoms with van der Waals surface area (Å²) in [6.07, 6.45) is 8.15. The fourth-order valence-corrected chi connectivity index (χ4v) is 5.75. The molecule has 3 heteroatoms. The summed E-state index contributed by atoms with van der Waals surface area (Å²) in [5.41, 5.74) is 0. The van der Waals surface area contributed by atoms with Crippen molar-refractivity contribution in [3.05, 3.63) is 11.3 Å². The Balaban J connectivity index is 2.27. The number of carbonyl (C=O) groups is 1. The van der Waals surface area contributed by atoms with Crippen molar-refractivity contribution < 1.29 is 9.22 Å². The molecule has 14 heavy (non-hydrogen) atoms. The Hall–Kier alpha value is -0.413. The Labute approximate surface area is 86.5 Å². The van der Waals surface area contributed by atoms with Crippen molar-refractivity contribution in [1.82, 2.24) is 0 Å². The molecule has 1 heterocycles. The zero-order valence-electron chi connectivity index (χ0n) is 8.95. The summed E-state index contributed by atoms with van der Waals surface area (Å²) < 4.78 is 6.13. The zero-order valence-corrected chi connectivity index (χ0v) is 9.95. The molecule has 2 aliphatic rings. The molecule has 2 rings (SSSR count). The molecule has 0 bridgehead atoms. The lowest BCUT2D eigenvalue weighted by Crippen LogP contribution is -2.28. The van der Waals surface area contributed by atoms with Crippen LogP contribution in [0.1, 0.15) is 25.7 Å². The molecule has 1 saturated heterocycles. The van der Waals surface area contributed by atoms with E-state index < -0.39 is 8.32 Å². The third kappa shape index (κ3) is 1.59. The minimum absolute atomic E-state index is 0.427. The van der Waals surface area contributed by atoms with Gasteiger partial charge in [0.15, 0.2) is 0 Å². The van der Waals surface area contributed by atoms with E-state index in [1.807, 2.05) is 0 Å². The highest BCUT2D eigenvalue weighted by atomic mass is 28.4. The average Bonchev–Trinajstić information content (AvgIpc) is 2.39. The highest BCUT2D eigenvalue weighted by molar-refractivity contribution is 6.79. The molecule has 0 amide bonds. The third-order valence-electron chi connectivity index (χ3n) is 3.49. The Morgan fingerprint density at radius 3 is 2.79 bits per heavy atom. The molecule has 0 aromatic heterocycles. The van der Waals surface area contributed by atoms with E-state index in [1.54, 1.807) is 6.08 Å². The highest BCUT2D eigenvalue weighted by Crippen LogP contribution is 2.44. The molecule has 2 nitrogen and oxygen atoms in total. The van der Waals surface area contributed by atoms with Crippen LogP contribution in [0.2, 0.25) is 13.1 Å². The van der Waals surface area contributed by atoms with Gasteiger partial charge in [-0.15, -0.1) is 0 Å². The molecule has 0 radical (unpaired) electrons. The fourth-order valence-electron chi connectivity index (χ4n) is 2.88. The molecule has 1 aliphatic carbocycles. The van der Waals surface area contributed by atoms with Crippen LogP contribution in [0.5, 0.6) is 0 Å². The molecule has 2 atom stereocenters.